The highest BCUT2D eigenvalue weighted by molar-refractivity contribution is 5.73. The molecule has 4 heteroatoms. The number of hydrogen-bond acceptors (Lipinski definition) is 3. The molecule has 1 aromatic rings. The van der Waals surface area contributed by atoms with Gasteiger partial charge in [0, 0.05) is 18.9 Å². The Morgan fingerprint density at radius 1 is 1.44 bits per heavy atom. The molecule has 0 aromatic carbocycles. The van der Waals surface area contributed by atoms with Crippen LogP contribution < -0.4 is 0 Å². The molecule has 0 saturated heterocycles. The van der Waals surface area contributed by atoms with Crippen molar-refractivity contribution in [2.45, 2.75) is 26.7 Å². The molecule has 4 nitrogen and oxygen atoms in total. The second-order valence-electron chi connectivity index (χ2n) is 5.35. The fourth-order valence-corrected chi connectivity index (χ4v) is 1.56. The molecule has 0 radical (unpaired) electrons. The van der Waals surface area contributed by atoms with Crippen molar-refractivity contribution in [3.05, 3.63) is 30.1 Å². The summed E-state index contributed by atoms with van der Waals surface area (Å²) in [7, 11) is 2.02. The van der Waals surface area contributed by atoms with E-state index in [2.05, 4.69) is 16.0 Å². The van der Waals surface area contributed by atoms with Gasteiger partial charge in [-0.1, -0.05) is 6.07 Å². The topological polar surface area (TPSA) is 53.4 Å². The summed E-state index contributed by atoms with van der Waals surface area (Å²) in [5, 5.41) is 9.04. The summed E-state index contributed by atoms with van der Waals surface area (Å²) in [4.78, 5) is 17.2. The first-order chi connectivity index (χ1) is 8.42. The maximum Gasteiger partial charge on any atom is 0.309 e. The predicted molar refractivity (Wildman–Crippen MR) is 71.5 cm³/mol. The molecule has 0 bridgehead atoms. The van der Waals surface area contributed by atoms with Crippen LogP contribution in [0.25, 0.3) is 0 Å². The summed E-state index contributed by atoms with van der Waals surface area (Å²) in [6.07, 6.45) is 5.24. The molecule has 0 aliphatic heterocycles. The van der Waals surface area contributed by atoms with Gasteiger partial charge < -0.3 is 10.0 Å². The van der Waals surface area contributed by atoms with Crippen molar-refractivity contribution >= 4 is 5.97 Å². The average Bonchev–Trinajstić information content (AvgIpc) is 2.35. The largest absolute Gasteiger partial charge is 0.481 e. The smallest absolute Gasteiger partial charge is 0.309 e. The van der Waals surface area contributed by atoms with E-state index < -0.39 is 11.4 Å². The number of carboxylic acids is 1. The van der Waals surface area contributed by atoms with Crippen LogP contribution >= 0.6 is 0 Å². The van der Waals surface area contributed by atoms with Gasteiger partial charge in [0.15, 0.2) is 0 Å². The number of likely N-dealkylation sites (N-methyl/N-ethyl adjacent to an activating group) is 1. The molecule has 0 aliphatic rings. The molecule has 0 aliphatic carbocycles. The zero-order valence-corrected chi connectivity index (χ0v) is 11.4. The van der Waals surface area contributed by atoms with E-state index in [1.165, 1.54) is 5.56 Å². The minimum Gasteiger partial charge on any atom is -0.481 e. The summed E-state index contributed by atoms with van der Waals surface area (Å²) in [6, 6.07) is 3.99. The fourth-order valence-electron chi connectivity index (χ4n) is 1.56. The molecule has 0 fully saturated rings. The summed E-state index contributed by atoms with van der Waals surface area (Å²) in [5.74, 6) is -0.733. The van der Waals surface area contributed by atoms with Crippen LogP contribution in [0, 0.1) is 5.41 Å². The third-order valence-electron chi connectivity index (χ3n) is 3.20. The quantitative estimate of drug-likeness (QED) is 0.804. The van der Waals surface area contributed by atoms with E-state index in [0.29, 0.717) is 6.42 Å². The Balaban J connectivity index is 2.30. The van der Waals surface area contributed by atoms with Gasteiger partial charge in [0.1, 0.15) is 0 Å². The Labute approximate surface area is 109 Å². The van der Waals surface area contributed by atoms with Crippen LogP contribution in [0.15, 0.2) is 24.5 Å². The molecule has 0 amide bonds. The van der Waals surface area contributed by atoms with Crippen molar-refractivity contribution in [3.63, 3.8) is 0 Å². The Kier molecular flexibility index (Phi) is 5.28. The summed E-state index contributed by atoms with van der Waals surface area (Å²) in [6.45, 7) is 5.25. The van der Waals surface area contributed by atoms with Gasteiger partial charge in [-0.25, -0.2) is 0 Å². The lowest BCUT2D eigenvalue weighted by Gasteiger charge is -2.23. The van der Waals surface area contributed by atoms with E-state index >= 15 is 0 Å². The first-order valence-corrected chi connectivity index (χ1v) is 6.22. The van der Waals surface area contributed by atoms with Crippen LogP contribution in [0.1, 0.15) is 25.8 Å². The Hall–Kier alpha value is -1.42. The Morgan fingerprint density at radius 2 is 2.17 bits per heavy atom. The Bertz CT molecular complexity index is 377. The summed E-state index contributed by atoms with van der Waals surface area (Å²) in [5.41, 5.74) is 0.560. The van der Waals surface area contributed by atoms with Crippen molar-refractivity contribution in [1.29, 1.82) is 0 Å². The standard InChI is InChI=1S/C14H22N2O2/c1-14(2,13(17)18)7-10-16(3)9-6-12-5-4-8-15-11-12/h4-5,8,11H,6-7,9-10H2,1-3H3,(H,17,18). The van der Waals surface area contributed by atoms with Gasteiger partial charge >= 0.3 is 5.97 Å². The van der Waals surface area contributed by atoms with Crippen LogP contribution in [0.2, 0.25) is 0 Å². The number of carbonyl (C=O) groups is 1. The highest BCUT2D eigenvalue weighted by Crippen LogP contribution is 2.20. The van der Waals surface area contributed by atoms with Gasteiger partial charge in [-0.3, -0.25) is 9.78 Å². The van der Waals surface area contributed by atoms with E-state index in [4.69, 9.17) is 5.11 Å². The highest BCUT2D eigenvalue weighted by atomic mass is 16.4. The number of nitrogens with zero attached hydrogens (tertiary/aromatic N) is 2. The maximum atomic E-state index is 11.0. The molecule has 1 rings (SSSR count). The van der Waals surface area contributed by atoms with E-state index in [1.807, 2.05) is 19.3 Å². The number of pyridine rings is 1. The lowest BCUT2D eigenvalue weighted by atomic mass is 9.89. The first-order valence-electron chi connectivity index (χ1n) is 6.22. The van der Waals surface area contributed by atoms with Crippen LogP contribution in [-0.2, 0) is 11.2 Å². The molecule has 0 saturated carbocycles. The van der Waals surface area contributed by atoms with Crippen LogP contribution in [-0.4, -0.2) is 41.1 Å². The van der Waals surface area contributed by atoms with Gasteiger partial charge in [-0.05, 0) is 51.9 Å². The van der Waals surface area contributed by atoms with E-state index in [0.717, 1.165) is 19.5 Å². The third-order valence-corrected chi connectivity index (χ3v) is 3.20. The number of rotatable bonds is 7. The maximum absolute atomic E-state index is 11.0. The third kappa shape index (κ3) is 4.84. The molecular formula is C14H22N2O2. The predicted octanol–water partition coefficient (Wildman–Crippen LogP) is 2.06. The van der Waals surface area contributed by atoms with Crippen LogP contribution in [0.3, 0.4) is 0 Å². The number of hydrogen-bond donors (Lipinski definition) is 1. The van der Waals surface area contributed by atoms with Gasteiger partial charge in [-0.15, -0.1) is 0 Å². The minimum absolute atomic E-state index is 0.650. The van der Waals surface area contributed by atoms with Gasteiger partial charge in [-0.2, -0.15) is 0 Å². The van der Waals surface area contributed by atoms with Crippen molar-refractivity contribution < 1.29 is 9.90 Å². The molecule has 0 atom stereocenters. The zero-order chi connectivity index (χ0) is 13.6. The summed E-state index contributed by atoms with van der Waals surface area (Å²) >= 11 is 0. The van der Waals surface area contributed by atoms with E-state index in [9.17, 15) is 4.79 Å². The van der Waals surface area contributed by atoms with Crippen LogP contribution in [0.5, 0.6) is 0 Å². The van der Waals surface area contributed by atoms with Gasteiger partial charge in [0.25, 0.3) is 0 Å². The van der Waals surface area contributed by atoms with Gasteiger partial charge in [0.2, 0.25) is 0 Å². The second kappa shape index (κ2) is 6.50. The molecule has 18 heavy (non-hydrogen) atoms. The minimum atomic E-state index is -0.733. The molecule has 100 valence electrons. The molecule has 1 heterocycles. The van der Waals surface area contributed by atoms with E-state index in [1.54, 1.807) is 20.0 Å². The van der Waals surface area contributed by atoms with Gasteiger partial charge in [0.05, 0.1) is 5.41 Å². The van der Waals surface area contributed by atoms with Crippen molar-refractivity contribution in [3.8, 4) is 0 Å². The van der Waals surface area contributed by atoms with E-state index in [-0.39, 0.29) is 0 Å². The lowest BCUT2D eigenvalue weighted by Crippen LogP contribution is -2.31. The van der Waals surface area contributed by atoms with Crippen molar-refractivity contribution in [2.75, 3.05) is 20.1 Å². The first kappa shape index (κ1) is 14.6. The Morgan fingerprint density at radius 3 is 2.72 bits per heavy atom. The highest BCUT2D eigenvalue weighted by Gasteiger charge is 2.26. The zero-order valence-electron chi connectivity index (χ0n) is 11.4. The fraction of sp³-hybridized carbons (Fsp3) is 0.571. The number of carboxylic acid groups (broad SMARTS) is 1. The lowest BCUT2D eigenvalue weighted by molar-refractivity contribution is -0.147. The molecule has 1 aromatic heterocycles. The van der Waals surface area contributed by atoms with Crippen molar-refractivity contribution in [2.24, 2.45) is 5.41 Å². The molecular weight excluding hydrogens is 228 g/mol. The van der Waals surface area contributed by atoms with Crippen molar-refractivity contribution in [1.82, 2.24) is 9.88 Å². The summed E-state index contributed by atoms with van der Waals surface area (Å²) < 4.78 is 0. The number of aromatic nitrogens is 1. The normalized spacial score (nSPS) is 11.8. The number of aliphatic carboxylic acids is 1. The molecule has 1 N–H and O–H groups in total. The average molecular weight is 250 g/mol. The SMILES string of the molecule is CN(CCc1cccnc1)CCC(C)(C)C(=O)O. The monoisotopic (exact) mass is 250 g/mol. The molecule has 0 unspecified atom stereocenters. The molecule has 0 spiro atoms. The van der Waals surface area contributed by atoms with Crippen LogP contribution in [0.4, 0.5) is 0 Å². The second-order valence-corrected chi connectivity index (χ2v) is 5.35.